The predicted molar refractivity (Wildman–Crippen MR) is 153 cm³/mol. The van der Waals surface area contributed by atoms with Gasteiger partial charge in [-0.3, -0.25) is 10.00 Å². The lowest BCUT2D eigenvalue weighted by Crippen LogP contribution is -2.43. The van der Waals surface area contributed by atoms with E-state index in [4.69, 9.17) is 21.3 Å². The van der Waals surface area contributed by atoms with Crippen LogP contribution >= 0.6 is 11.6 Å². The van der Waals surface area contributed by atoms with E-state index in [-0.39, 0.29) is 29.7 Å². The zero-order chi connectivity index (χ0) is 27.6. The van der Waals surface area contributed by atoms with Gasteiger partial charge in [-0.05, 0) is 57.0 Å². The van der Waals surface area contributed by atoms with Crippen molar-refractivity contribution in [1.29, 1.82) is 0 Å². The number of H-pyrrole nitrogens is 1. The quantitative estimate of drug-likeness (QED) is 0.338. The van der Waals surface area contributed by atoms with Crippen molar-refractivity contribution >= 4 is 39.2 Å². The third-order valence-electron chi connectivity index (χ3n) is 9.05. The molecule has 0 saturated carbocycles. The fourth-order valence-electron chi connectivity index (χ4n) is 6.91. The fourth-order valence-corrected chi connectivity index (χ4v) is 7.16. The Kier molecular flexibility index (Phi) is 6.32. The highest BCUT2D eigenvalue weighted by Gasteiger charge is 2.49. The van der Waals surface area contributed by atoms with Gasteiger partial charge in [-0.15, -0.1) is 0 Å². The lowest BCUT2D eigenvalue weighted by Gasteiger charge is -2.31. The van der Waals surface area contributed by atoms with Gasteiger partial charge in [0, 0.05) is 54.5 Å². The van der Waals surface area contributed by atoms with Crippen molar-refractivity contribution < 1.29 is 13.5 Å². The van der Waals surface area contributed by atoms with Crippen LogP contribution in [-0.2, 0) is 0 Å². The lowest BCUT2D eigenvalue weighted by molar-refractivity contribution is 0.107. The van der Waals surface area contributed by atoms with E-state index in [0.29, 0.717) is 40.3 Å². The predicted octanol–water partition coefficient (Wildman–Crippen LogP) is 5.03. The molecule has 2 aromatic carbocycles. The Bertz CT molecular complexity index is 1610. The first-order valence-corrected chi connectivity index (χ1v) is 14.3. The van der Waals surface area contributed by atoms with Crippen molar-refractivity contribution in [3.8, 4) is 17.1 Å². The number of likely N-dealkylation sites (N-methyl/N-ethyl adjacent to an activating group) is 1. The number of hydrogen-bond donors (Lipinski definition) is 2. The molecular weight excluding hydrogens is 536 g/mol. The number of halogens is 3. The molecule has 3 saturated heterocycles. The molecule has 0 amide bonds. The van der Waals surface area contributed by atoms with E-state index in [1.807, 2.05) is 26.1 Å². The van der Waals surface area contributed by atoms with Gasteiger partial charge in [0.25, 0.3) is 0 Å². The largest absolute Gasteiger partial charge is 0.461 e. The highest BCUT2D eigenvalue weighted by molar-refractivity contribution is 6.36. The Morgan fingerprint density at radius 2 is 2.15 bits per heavy atom. The summed E-state index contributed by atoms with van der Waals surface area (Å²) in [5.41, 5.74) is 2.31. The van der Waals surface area contributed by atoms with Gasteiger partial charge >= 0.3 is 6.01 Å². The van der Waals surface area contributed by atoms with Crippen LogP contribution in [0.2, 0.25) is 5.02 Å². The molecule has 11 heteroatoms. The van der Waals surface area contributed by atoms with Gasteiger partial charge in [0.05, 0.1) is 22.3 Å². The molecule has 5 heterocycles. The highest BCUT2D eigenvalue weighted by Crippen LogP contribution is 2.42. The maximum Gasteiger partial charge on any atom is 0.319 e. The summed E-state index contributed by atoms with van der Waals surface area (Å²) in [6.45, 7) is 5.18. The van der Waals surface area contributed by atoms with Crippen LogP contribution in [0.4, 0.5) is 14.6 Å². The van der Waals surface area contributed by atoms with Crippen LogP contribution in [-0.4, -0.2) is 82.7 Å². The number of aromatic nitrogens is 4. The topological polar surface area (TPSA) is 82.2 Å². The molecule has 8 nitrogen and oxygen atoms in total. The number of alkyl halides is 1. The fraction of sp³-hybridized carbons (Fsp3) is 0.483. The SMILES string of the molecule is Cc1cc2[nH]ncc2c(-c2ccc3c(N(C)[C@H]4CCNC4)nc(OC[C@@]45CCCN4C[C@H](F)C5)nc3c2F)c1Cl. The van der Waals surface area contributed by atoms with Gasteiger partial charge in [0.1, 0.15) is 24.1 Å². The summed E-state index contributed by atoms with van der Waals surface area (Å²) in [6.07, 6.45) is 4.06. The first-order valence-electron chi connectivity index (χ1n) is 13.9. The summed E-state index contributed by atoms with van der Waals surface area (Å²) < 4.78 is 37.2. The molecule has 3 fully saturated rings. The number of hydrogen-bond acceptors (Lipinski definition) is 7. The molecular formula is C29H32ClF2N7O. The summed E-state index contributed by atoms with van der Waals surface area (Å²) in [6, 6.07) is 5.81. The summed E-state index contributed by atoms with van der Waals surface area (Å²) in [7, 11) is 1.98. The monoisotopic (exact) mass is 567 g/mol. The van der Waals surface area contributed by atoms with Gasteiger partial charge in [0.2, 0.25) is 0 Å². The van der Waals surface area contributed by atoms with Crippen LogP contribution in [0.5, 0.6) is 6.01 Å². The number of aromatic amines is 1. The molecule has 210 valence electrons. The third-order valence-corrected chi connectivity index (χ3v) is 9.53. The van der Waals surface area contributed by atoms with Gasteiger partial charge in [-0.2, -0.15) is 15.1 Å². The molecule has 3 atom stereocenters. The number of aryl methyl sites for hydroxylation is 1. The Morgan fingerprint density at radius 3 is 2.98 bits per heavy atom. The molecule has 0 radical (unpaired) electrons. The van der Waals surface area contributed by atoms with E-state index in [1.54, 1.807) is 12.3 Å². The molecule has 0 spiro atoms. The maximum atomic E-state index is 16.6. The minimum Gasteiger partial charge on any atom is -0.461 e. The zero-order valence-electron chi connectivity index (χ0n) is 22.6. The number of fused-ring (bicyclic) bond motifs is 3. The van der Waals surface area contributed by atoms with Crippen LogP contribution < -0.4 is 15.0 Å². The third kappa shape index (κ3) is 4.11. The second-order valence-electron chi connectivity index (χ2n) is 11.5. The maximum absolute atomic E-state index is 16.6. The van der Waals surface area contributed by atoms with Crippen molar-refractivity contribution in [2.75, 3.05) is 44.7 Å². The Labute approximate surface area is 236 Å². The first kappa shape index (κ1) is 25.9. The van der Waals surface area contributed by atoms with Gasteiger partial charge < -0.3 is 15.0 Å². The second kappa shape index (κ2) is 9.78. The van der Waals surface area contributed by atoms with Gasteiger partial charge in [-0.1, -0.05) is 17.7 Å². The van der Waals surface area contributed by atoms with E-state index >= 15 is 4.39 Å². The molecule has 3 aliphatic heterocycles. The summed E-state index contributed by atoms with van der Waals surface area (Å²) in [5.74, 6) is 0.114. The van der Waals surface area contributed by atoms with Crippen molar-refractivity contribution in [1.82, 2.24) is 30.4 Å². The number of nitrogens with zero attached hydrogens (tertiary/aromatic N) is 5. The van der Waals surface area contributed by atoms with Crippen molar-refractivity contribution in [2.24, 2.45) is 0 Å². The summed E-state index contributed by atoms with van der Waals surface area (Å²) in [5, 5.41) is 12.3. The van der Waals surface area contributed by atoms with E-state index in [0.717, 1.165) is 55.4 Å². The minimum absolute atomic E-state index is 0.101. The summed E-state index contributed by atoms with van der Waals surface area (Å²) in [4.78, 5) is 13.7. The molecule has 0 aliphatic carbocycles. The average Bonchev–Trinajstić information content (AvgIpc) is 3.73. The molecule has 2 N–H and O–H groups in total. The normalized spacial score (nSPS) is 24.8. The van der Waals surface area contributed by atoms with Crippen molar-refractivity contribution in [3.05, 3.63) is 40.8 Å². The van der Waals surface area contributed by atoms with E-state index in [9.17, 15) is 4.39 Å². The number of nitrogens with one attached hydrogen (secondary N) is 2. The Hall–Kier alpha value is -3.08. The molecule has 2 aromatic heterocycles. The molecule has 4 aromatic rings. The van der Waals surface area contributed by atoms with Crippen LogP contribution in [0.25, 0.3) is 32.9 Å². The molecule has 0 bridgehead atoms. The van der Waals surface area contributed by atoms with Crippen LogP contribution in [0.3, 0.4) is 0 Å². The number of ether oxygens (including phenoxy) is 1. The molecule has 40 heavy (non-hydrogen) atoms. The van der Waals surface area contributed by atoms with Crippen LogP contribution in [0, 0.1) is 12.7 Å². The Balaban J connectivity index is 1.35. The smallest absolute Gasteiger partial charge is 0.319 e. The number of rotatable bonds is 6. The van der Waals surface area contributed by atoms with E-state index in [2.05, 4.69) is 30.3 Å². The van der Waals surface area contributed by atoms with Crippen molar-refractivity contribution in [3.63, 3.8) is 0 Å². The second-order valence-corrected chi connectivity index (χ2v) is 11.9. The Morgan fingerprint density at radius 1 is 1.27 bits per heavy atom. The lowest BCUT2D eigenvalue weighted by atomic mass is 9.95. The van der Waals surface area contributed by atoms with Gasteiger partial charge in [-0.25, -0.2) is 8.78 Å². The highest BCUT2D eigenvalue weighted by atomic mass is 35.5. The van der Waals surface area contributed by atoms with Gasteiger partial charge in [0.15, 0.2) is 5.82 Å². The summed E-state index contributed by atoms with van der Waals surface area (Å²) >= 11 is 6.75. The van der Waals surface area contributed by atoms with E-state index < -0.39 is 12.0 Å². The molecule has 7 rings (SSSR count). The standard InChI is InChI=1S/C29H32ClF2N7O/c1-16-10-22-21(13-34-37-22)23(24(16)30)19-4-5-20-26(25(19)32)35-28(36-27(20)38(2)18-6-8-33-12-18)40-15-29-7-3-9-39(29)14-17(31)11-29/h4-5,10,13,17-18,33H,3,6-9,11-12,14-15H2,1-2H3,(H,34,37)/t17-,18+,29+/m1/s1. The van der Waals surface area contributed by atoms with Crippen molar-refractivity contribution in [2.45, 2.75) is 50.4 Å². The molecule has 0 unspecified atom stereocenters. The van der Waals surface area contributed by atoms with E-state index in [1.165, 1.54) is 0 Å². The first-order chi connectivity index (χ1) is 19.3. The van der Waals surface area contributed by atoms with Crippen LogP contribution in [0.15, 0.2) is 24.4 Å². The number of anilines is 1. The zero-order valence-corrected chi connectivity index (χ0v) is 23.4. The minimum atomic E-state index is -0.864. The number of benzene rings is 2. The average molecular weight is 568 g/mol. The molecule has 3 aliphatic rings. The van der Waals surface area contributed by atoms with Crippen LogP contribution in [0.1, 0.15) is 31.2 Å².